The predicted molar refractivity (Wildman–Crippen MR) is 72.8 cm³/mol. The fraction of sp³-hybridized carbons (Fsp3) is 0.455. The van der Waals surface area contributed by atoms with Crippen LogP contribution in [0.1, 0.15) is 6.92 Å². The van der Waals surface area contributed by atoms with Crippen molar-refractivity contribution >= 4 is 25.5 Å². The normalized spacial score (nSPS) is 23.6. The molecule has 0 spiro atoms. The summed E-state index contributed by atoms with van der Waals surface area (Å²) in [5.41, 5.74) is 5.61. The molecule has 1 aromatic rings. The summed E-state index contributed by atoms with van der Waals surface area (Å²) in [6.45, 7) is 1.30. The van der Waals surface area contributed by atoms with Gasteiger partial charge in [0.2, 0.25) is 10.0 Å². The number of rotatable bonds is 2. The van der Waals surface area contributed by atoms with Gasteiger partial charge in [-0.15, -0.1) is 0 Å². The smallest absolute Gasteiger partial charge is 0.246 e. The van der Waals surface area contributed by atoms with Crippen LogP contribution in [0.25, 0.3) is 0 Å². The highest BCUT2D eigenvalue weighted by molar-refractivity contribution is 7.92. The maximum absolute atomic E-state index is 13.7. The van der Waals surface area contributed by atoms with Crippen LogP contribution in [0.2, 0.25) is 0 Å². The zero-order valence-corrected chi connectivity index (χ0v) is 12.4. The van der Waals surface area contributed by atoms with E-state index < -0.39 is 36.6 Å². The van der Waals surface area contributed by atoms with E-state index in [0.29, 0.717) is 0 Å². The number of sulfonamides is 1. The third-order valence-electron chi connectivity index (χ3n) is 3.15. The molecule has 2 N–H and O–H groups in total. The molecule has 0 radical (unpaired) electrons. The van der Waals surface area contributed by atoms with Crippen molar-refractivity contribution in [2.45, 2.75) is 17.9 Å². The summed E-state index contributed by atoms with van der Waals surface area (Å²) in [5.74, 6) is -1.43. The van der Waals surface area contributed by atoms with E-state index in [4.69, 9.17) is 5.73 Å². The largest absolute Gasteiger partial charge is 0.399 e. The SMILES string of the molecule is CC1CS(=O)(=O)CCN1S(=O)(=O)c1cc(N)ccc1F. The Labute approximate surface area is 117 Å². The molecule has 1 aliphatic heterocycles. The van der Waals surface area contributed by atoms with Crippen LogP contribution in [0.3, 0.4) is 0 Å². The van der Waals surface area contributed by atoms with Crippen molar-refractivity contribution in [3.63, 3.8) is 0 Å². The summed E-state index contributed by atoms with van der Waals surface area (Å²) in [6.07, 6.45) is 0. The van der Waals surface area contributed by atoms with Gasteiger partial charge in [0, 0.05) is 18.3 Å². The molecule has 0 aliphatic carbocycles. The van der Waals surface area contributed by atoms with Gasteiger partial charge in [-0.25, -0.2) is 21.2 Å². The lowest BCUT2D eigenvalue weighted by Crippen LogP contribution is -2.49. The number of benzene rings is 1. The van der Waals surface area contributed by atoms with Crippen molar-refractivity contribution in [1.82, 2.24) is 4.31 Å². The van der Waals surface area contributed by atoms with E-state index in [1.807, 2.05) is 0 Å². The van der Waals surface area contributed by atoms with Crippen LogP contribution in [-0.2, 0) is 19.9 Å². The minimum atomic E-state index is -4.10. The number of nitrogen functional groups attached to an aromatic ring is 1. The molecule has 20 heavy (non-hydrogen) atoms. The molecule has 0 bridgehead atoms. The Bertz CT molecular complexity index is 731. The van der Waals surface area contributed by atoms with Crippen LogP contribution in [-0.4, -0.2) is 45.2 Å². The summed E-state index contributed by atoms with van der Waals surface area (Å²) >= 11 is 0. The number of hydrogen-bond acceptors (Lipinski definition) is 5. The number of anilines is 1. The van der Waals surface area contributed by atoms with Gasteiger partial charge in [-0.2, -0.15) is 4.31 Å². The molecular formula is C11H15FN2O4S2. The van der Waals surface area contributed by atoms with E-state index in [1.54, 1.807) is 0 Å². The number of halogens is 1. The number of nitrogens with two attached hydrogens (primary N) is 1. The van der Waals surface area contributed by atoms with Gasteiger partial charge in [0.25, 0.3) is 0 Å². The van der Waals surface area contributed by atoms with Gasteiger partial charge >= 0.3 is 0 Å². The Kier molecular flexibility index (Phi) is 3.78. The third kappa shape index (κ3) is 2.79. The maximum Gasteiger partial charge on any atom is 0.246 e. The Morgan fingerprint density at radius 3 is 2.65 bits per heavy atom. The molecule has 1 atom stereocenters. The van der Waals surface area contributed by atoms with Crippen LogP contribution in [0.4, 0.5) is 10.1 Å². The summed E-state index contributed by atoms with van der Waals surface area (Å²) in [7, 11) is -7.35. The first kappa shape index (κ1) is 15.2. The molecule has 1 saturated heterocycles. The highest BCUT2D eigenvalue weighted by atomic mass is 32.2. The van der Waals surface area contributed by atoms with Crippen LogP contribution >= 0.6 is 0 Å². The van der Waals surface area contributed by atoms with E-state index in [1.165, 1.54) is 13.0 Å². The van der Waals surface area contributed by atoms with E-state index >= 15 is 0 Å². The predicted octanol–water partition coefficient (Wildman–Crippen LogP) is 0.216. The Morgan fingerprint density at radius 2 is 2.05 bits per heavy atom. The standard InChI is InChI=1S/C11H15FN2O4S2/c1-8-7-19(15,16)5-4-14(8)20(17,18)11-6-9(13)2-3-10(11)12/h2-3,6,8H,4-5,7,13H2,1H3. The monoisotopic (exact) mass is 322 g/mol. The number of nitrogens with zero attached hydrogens (tertiary/aromatic N) is 1. The fourth-order valence-corrected chi connectivity index (χ4v) is 5.68. The Balaban J connectivity index is 2.43. The minimum absolute atomic E-state index is 0.127. The van der Waals surface area contributed by atoms with Gasteiger partial charge in [0.1, 0.15) is 10.7 Å². The molecule has 0 amide bonds. The Hall–Kier alpha value is -1.19. The van der Waals surface area contributed by atoms with Gasteiger partial charge in [-0.05, 0) is 25.1 Å². The molecule has 0 saturated carbocycles. The third-order valence-corrected chi connectivity index (χ3v) is 6.97. The molecule has 1 fully saturated rings. The zero-order valence-electron chi connectivity index (χ0n) is 10.8. The highest BCUT2D eigenvalue weighted by Crippen LogP contribution is 2.25. The second-order valence-corrected chi connectivity index (χ2v) is 8.86. The van der Waals surface area contributed by atoms with Crippen LogP contribution < -0.4 is 5.73 Å². The Morgan fingerprint density at radius 1 is 1.40 bits per heavy atom. The minimum Gasteiger partial charge on any atom is -0.399 e. The van der Waals surface area contributed by atoms with Gasteiger partial charge in [-0.1, -0.05) is 0 Å². The van der Waals surface area contributed by atoms with Crippen LogP contribution in [0.5, 0.6) is 0 Å². The van der Waals surface area contributed by atoms with Crippen LogP contribution in [0.15, 0.2) is 23.1 Å². The summed E-state index contributed by atoms with van der Waals surface area (Å²) in [4.78, 5) is -0.524. The topological polar surface area (TPSA) is 97.5 Å². The molecule has 1 unspecified atom stereocenters. The molecule has 0 aromatic heterocycles. The molecule has 2 rings (SSSR count). The second-order valence-electron chi connectivity index (χ2n) is 4.77. The average Bonchev–Trinajstić information content (AvgIpc) is 2.30. The summed E-state index contributed by atoms with van der Waals surface area (Å²) < 4.78 is 62.5. The zero-order chi connectivity index (χ0) is 15.1. The lowest BCUT2D eigenvalue weighted by molar-refractivity contribution is 0.355. The molecule has 6 nitrogen and oxygen atoms in total. The molecule has 9 heteroatoms. The molecule has 1 heterocycles. The average molecular weight is 322 g/mol. The van der Waals surface area contributed by atoms with Gasteiger partial charge < -0.3 is 5.73 Å². The first-order valence-corrected chi connectivity index (χ1v) is 9.17. The molecule has 112 valence electrons. The van der Waals surface area contributed by atoms with E-state index in [9.17, 15) is 21.2 Å². The number of sulfone groups is 1. The van der Waals surface area contributed by atoms with Crippen molar-refractivity contribution in [2.75, 3.05) is 23.8 Å². The molecule has 1 aromatic carbocycles. The van der Waals surface area contributed by atoms with E-state index in [-0.39, 0.29) is 23.7 Å². The van der Waals surface area contributed by atoms with Gasteiger partial charge in [-0.3, -0.25) is 0 Å². The molecular weight excluding hydrogens is 307 g/mol. The molecule has 1 aliphatic rings. The van der Waals surface area contributed by atoms with E-state index in [2.05, 4.69) is 0 Å². The maximum atomic E-state index is 13.7. The quantitative estimate of drug-likeness (QED) is 0.785. The fourth-order valence-electron chi connectivity index (χ4n) is 2.18. The van der Waals surface area contributed by atoms with E-state index in [0.717, 1.165) is 16.4 Å². The van der Waals surface area contributed by atoms with Gasteiger partial charge in [0.15, 0.2) is 9.84 Å². The van der Waals surface area contributed by atoms with Crippen molar-refractivity contribution in [3.05, 3.63) is 24.0 Å². The second kappa shape index (κ2) is 4.97. The van der Waals surface area contributed by atoms with Crippen molar-refractivity contribution in [2.24, 2.45) is 0 Å². The summed E-state index contributed by atoms with van der Waals surface area (Å²) in [5, 5.41) is 0. The van der Waals surface area contributed by atoms with Crippen molar-refractivity contribution in [1.29, 1.82) is 0 Å². The number of hydrogen-bond donors (Lipinski definition) is 1. The lowest BCUT2D eigenvalue weighted by Gasteiger charge is -2.32. The summed E-state index contributed by atoms with van der Waals surface area (Å²) in [6, 6.07) is 2.55. The lowest BCUT2D eigenvalue weighted by atomic mass is 10.3. The van der Waals surface area contributed by atoms with Crippen molar-refractivity contribution in [3.8, 4) is 0 Å². The highest BCUT2D eigenvalue weighted by Gasteiger charge is 2.37. The van der Waals surface area contributed by atoms with Crippen LogP contribution in [0, 0.1) is 5.82 Å². The van der Waals surface area contributed by atoms with Crippen molar-refractivity contribution < 1.29 is 21.2 Å². The first-order chi connectivity index (χ1) is 9.13. The first-order valence-electron chi connectivity index (χ1n) is 5.91. The van der Waals surface area contributed by atoms with Gasteiger partial charge in [0.05, 0.1) is 11.5 Å².